The zero-order chi connectivity index (χ0) is 37.6. The van der Waals surface area contributed by atoms with Gasteiger partial charge in [0.2, 0.25) is 18.3 Å². The summed E-state index contributed by atoms with van der Waals surface area (Å²) in [5.41, 5.74) is 0.271. The summed E-state index contributed by atoms with van der Waals surface area (Å²) in [5.74, 6) is -0.892. The Balaban J connectivity index is 1.28. The number of rotatable bonds is 9. The van der Waals surface area contributed by atoms with Crippen molar-refractivity contribution in [3.05, 3.63) is 42.5 Å². The lowest BCUT2D eigenvalue weighted by molar-refractivity contribution is -0.318. The summed E-state index contributed by atoms with van der Waals surface area (Å²) in [5, 5.41) is 124. The number of fused-ring (bicyclic) bond motifs is 1. The minimum absolute atomic E-state index is 0.0164. The van der Waals surface area contributed by atoms with Crippen LogP contribution in [0.4, 0.5) is 0 Å². The smallest absolute Gasteiger partial charge is 0.402 e. The van der Waals surface area contributed by atoms with Gasteiger partial charge in [-0.25, -0.2) is 4.42 Å². The number of benzene rings is 2. The molecule has 52 heavy (non-hydrogen) atoms. The average molecular weight is 742 g/mol. The van der Waals surface area contributed by atoms with Crippen molar-refractivity contribution in [2.45, 2.75) is 99.0 Å². The van der Waals surface area contributed by atoms with Crippen molar-refractivity contribution >= 4 is 11.0 Å². The predicted molar refractivity (Wildman–Crippen MR) is 169 cm³/mol. The van der Waals surface area contributed by atoms with Crippen LogP contribution in [0.2, 0.25) is 0 Å². The second-order valence-corrected chi connectivity index (χ2v) is 12.8. The molecule has 1 aromatic heterocycles. The molecule has 0 amide bonds. The summed E-state index contributed by atoms with van der Waals surface area (Å²) < 4.78 is 39.8. The molecule has 0 bridgehead atoms. The number of ether oxygens (including phenoxy) is 6. The van der Waals surface area contributed by atoms with Crippen molar-refractivity contribution < 1.29 is 94.1 Å². The van der Waals surface area contributed by atoms with E-state index in [-0.39, 0.29) is 34.0 Å². The van der Waals surface area contributed by atoms with Crippen molar-refractivity contribution in [2.24, 2.45) is 0 Å². The molecule has 3 aliphatic rings. The van der Waals surface area contributed by atoms with Crippen molar-refractivity contribution in [2.75, 3.05) is 13.2 Å². The van der Waals surface area contributed by atoms with Crippen LogP contribution in [0, 0.1) is 0 Å². The summed E-state index contributed by atoms with van der Waals surface area (Å²) in [4.78, 5) is 0. The molecule has 286 valence electrons. The Kier molecular flexibility index (Phi) is 11.4. The minimum atomic E-state index is -1.86. The predicted octanol–water partition coefficient (Wildman–Crippen LogP) is -3.00. The third-order valence-corrected chi connectivity index (χ3v) is 9.18. The molecule has 3 aliphatic heterocycles. The van der Waals surface area contributed by atoms with Gasteiger partial charge in [0, 0.05) is 12.1 Å². The van der Waals surface area contributed by atoms with Gasteiger partial charge in [0.15, 0.2) is 6.29 Å². The molecule has 0 radical (unpaired) electrons. The molecule has 3 aromatic rings. The standard InChI is InChI=1S/C33H40O19/c1-11-21(37)24(40)27(43)31(47-11)46-10-20-23(39)26(42)29(45)33(52-20)50-18-8-15-16(36)6-14(48-32-28(44)25(41)22(38)19(9-34)51-32)7-17(15)49-30(18)12-2-4-13(35)5-3-12/h2-8,11,19-29,31-34,37-45H,9-10H2,1H3,(H-,35,36)/p+1/t11?,19?,20?,21-,22+,23+,24?,25-,26-,27-,28?,29?,31+,32+,33+/m0/s1. The zero-order valence-corrected chi connectivity index (χ0v) is 27.3. The van der Waals surface area contributed by atoms with Crippen LogP contribution < -0.4 is 9.47 Å². The van der Waals surface area contributed by atoms with Crippen LogP contribution >= 0.6 is 0 Å². The van der Waals surface area contributed by atoms with Crippen LogP contribution in [0.5, 0.6) is 23.0 Å². The molecule has 4 heterocycles. The van der Waals surface area contributed by atoms with E-state index in [9.17, 15) is 61.3 Å². The summed E-state index contributed by atoms with van der Waals surface area (Å²) in [7, 11) is 0. The quantitative estimate of drug-likeness (QED) is 0.0973. The van der Waals surface area contributed by atoms with Gasteiger partial charge < -0.3 is 89.7 Å². The first-order valence-electron chi connectivity index (χ1n) is 16.3. The van der Waals surface area contributed by atoms with E-state index in [1.165, 1.54) is 43.3 Å². The van der Waals surface area contributed by atoms with E-state index < -0.39 is 111 Å². The van der Waals surface area contributed by atoms with Gasteiger partial charge >= 0.3 is 11.3 Å². The molecule has 15 atom stereocenters. The molecule has 0 aliphatic carbocycles. The third-order valence-electron chi connectivity index (χ3n) is 9.18. The Hall–Kier alpha value is -3.51. The number of hydrogen-bond donors (Lipinski definition) is 12. The second-order valence-electron chi connectivity index (χ2n) is 12.8. The van der Waals surface area contributed by atoms with Gasteiger partial charge in [0.05, 0.1) is 30.9 Å². The fraction of sp³-hybridized carbons (Fsp3) is 0.545. The largest absolute Gasteiger partial charge is 0.508 e. The van der Waals surface area contributed by atoms with E-state index in [1.807, 2.05) is 0 Å². The summed E-state index contributed by atoms with van der Waals surface area (Å²) in [6.07, 6.45) is -23.5. The minimum Gasteiger partial charge on any atom is -0.508 e. The van der Waals surface area contributed by atoms with Gasteiger partial charge in [-0.3, -0.25) is 0 Å². The maximum atomic E-state index is 11.0. The second kappa shape index (κ2) is 15.5. The van der Waals surface area contributed by atoms with E-state index in [1.54, 1.807) is 0 Å². The van der Waals surface area contributed by atoms with Crippen LogP contribution in [0.3, 0.4) is 0 Å². The maximum Gasteiger partial charge on any atom is 0.402 e. The SMILES string of the molecule is CC1O[C@@H](OCC2O[C@@H](Oc3cc4c(O)cc(O[C@@H]5OC(CO)[C@@H](O)[C@H](O)C5O)cc4[o+]c3-c3ccc(O)cc3)C(O)[C@@H](O)[C@@H]2O)[C@@H](O)C(O)[C@H]1O. The molecule has 2 aromatic carbocycles. The van der Waals surface area contributed by atoms with E-state index in [0.29, 0.717) is 5.56 Å². The monoisotopic (exact) mass is 741 g/mol. The van der Waals surface area contributed by atoms with Gasteiger partial charge in [-0.05, 0) is 31.2 Å². The molecule has 12 N–H and O–H groups in total. The number of aromatic hydroxyl groups is 2. The number of aliphatic hydroxyl groups is 10. The first-order chi connectivity index (χ1) is 24.7. The highest BCUT2D eigenvalue weighted by molar-refractivity contribution is 5.88. The van der Waals surface area contributed by atoms with Crippen LogP contribution in [0.25, 0.3) is 22.3 Å². The normalized spacial score (nSPS) is 38.2. The van der Waals surface area contributed by atoms with Gasteiger partial charge in [0.25, 0.3) is 0 Å². The van der Waals surface area contributed by atoms with E-state index in [4.69, 9.17) is 32.8 Å². The molecule has 19 nitrogen and oxygen atoms in total. The Morgan fingerprint density at radius 1 is 0.635 bits per heavy atom. The first kappa shape index (κ1) is 38.2. The lowest BCUT2D eigenvalue weighted by Crippen LogP contribution is -2.61. The fourth-order valence-corrected chi connectivity index (χ4v) is 6.06. The Morgan fingerprint density at radius 3 is 1.87 bits per heavy atom. The third kappa shape index (κ3) is 7.47. The van der Waals surface area contributed by atoms with Crippen molar-refractivity contribution in [1.29, 1.82) is 0 Å². The highest BCUT2D eigenvalue weighted by atomic mass is 16.7. The molecular weight excluding hydrogens is 700 g/mol. The summed E-state index contributed by atoms with van der Waals surface area (Å²) in [6.45, 7) is 0.197. The van der Waals surface area contributed by atoms with E-state index in [2.05, 4.69) is 0 Å². The molecule has 6 rings (SSSR count). The molecular formula is C33H41O19+. The molecule has 0 spiro atoms. The van der Waals surface area contributed by atoms with Gasteiger partial charge in [-0.15, -0.1) is 0 Å². The number of aliphatic hydroxyl groups excluding tert-OH is 10. The highest BCUT2D eigenvalue weighted by Crippen LogP contribution is 2.41. The Labute approximate surface area is 294 Å². The highest BCUT2D eigenvalue weighted by Gasteiger charge is 2.48. The maximum absolute atomic E-state index is 11.0. The van der Waals surface area contributed by atoms with Crippen molar-refractivity contribution in [1.82, 2.24) is 0 Å². The van der Waals surface area contributed by atoms with Crippen molar-refractivity contribution in [3.8, 4) is 34.3 Å². The Morgan fingerprint density at radius 2 is 1.21 bits per heavy atom. The summed E-state index contributed by atoms with van der Waals surface area (Å²) in [6, 6.07) is 9.29. The number of phenolic OH excluding ortho intramolecular Hbond substituents is 2. The molecule has 0 saturated carbocycles. The molecule has 19 heteroatoms. The van der Waals surface area contributed by atoms with Crippen molar-refractivity contribution in [3.63, 3.8) is 0 Å². The van der Waals surface area contributed by atoms with Crippen LogP contribution in [0.1, 0.15) is 6.92 Å². The van der Waals surface area contributed by atoms with Gasteiger partial charge in [-0.2, -0.15) is 0 Å². The van der Waals surface area contributed by atoms with Crippen LogP contribution in [-0.2, 0) is 18.9 Å². The lowest BCUT2D eigenvalue weighted by Gasteiger charge is -2.42. The zero-order valence-electron chi connectivity index (χ0n) is 27.3. The van der Waals surface area contributed by atoms with Crippen LogP contribution in [0.15, 0.2) is 46.9 Å². The van der Waals surface area contributed by atoms with Gasteiger partial charge in [-0.1, -0.05) is 0 Å². The first-order valence-corrected chi connectivity index (χ1v) is 16.3. The number of phenols is 2. The fourth-order valence-electron chi connectivity index (χ4n) is 6.06. The van der Waals surface area contributed by atoms with E-state index >= 15 is 0 Å². The van der Waals surface area contributed by atoms with Gasteiger partial charge in [0.1, 0.15) is 89.8 Å². The summed E-state index contributed by atoms with van der Waals surface area (Å²) >= 11 is 0. The van der Waals surface area contributed by atoms with Crippen LogP contribution in [-0.4, -0.2) is 167 Å². The van der Waals surface area contributed by atoms with E-state index in [0.717, 1.165) is 6.07 Å². The Bertz CT molecular complexity index is 1670. The molecule has 3 fully saturated rings. The molecule has 6 unspecified atom stereocenters. The average Bonchev–Trinajstić information content (AvgIpc) is 3.12. The molecule has 3 saturated heterocycles. The lowest BCUT2D eigenvalue weighted by atomic mass is 9.98. The number of hydrogen-bond acceptors (Lipinski definition) is 18. The topological polar surface area (TPSA) is 309 Å².